The van der Waals surface area contributed by atoms with Crippen molar-refractivity contribution < 1.29 is 9.00 Å². The molecule has 0 atom stereocenters. The molecule has 3 nitrogen and oxygen atoms in total. The average molecular weight is 123 g/mol. The highest BCUT2D eigenvalue weighted by Gasteiger charge is 1.77. The number of carbonyl (C=O) groups is 1. The van der Waals surface area contributed by atoms with Gasteiger partial charge in [0.05, 0.1) is 0 Å². The van der Waals surface area contributed by atoms with E-state index in [4.69, 9.17) is 0 Å². The van der Waals surface area contributed by atoms with Crippen molar-refractivity contribution in [3.05, 3.63) is 0 Å². The van der Waals surface area contributed by atoms with E-state index in [0.717, 1.165) is 0 Å². The molecule has 0 saturated carbocycles. The summed E-state index contributed by atoms with van der Waals surface area (Å²) in [5.41, 5.74) is 0. The highest BCUT2D eigenvalue weighted by Crippen LogP contribution is 1.78. The molecular formula is CHNO2S2. The molecule has 1 amide bonds. The van der Waals surface area contributed by atoms with Gasteiger partial charge in [-0.15, -0.1) is 4.36 Å². The third-order valence-corrected chi connectivity index (χ3v) is 0.591. The number of carbonyl (C=O) groups excluding carboxylic acids is 1. The predicted octanol–water partition coefficient (Wildman–Crippen LogP) is 0.433. The van der Waals surface area contributed by atoms with Crippen LogP contribution in [0.25, 0.3) is 0 Å². The highest BCUT2D eigenvalue weighted by atomic mass is 32.1. The second-order valence-corrected chi connectivity index (χ2v) is 1.16. The van der Waals surface area contributed by atoms with Crippen LogP contribution in [-0.2, 0) is 11.5 Å². The van der Waals surface area contributed by atoms with E-state index in [1.165, 1.54) is 0 Å². The molecule has 0 unspecified atom stereocenters. The van der Waals surface area contributed by atoms with Crippen molar-refractivity contribution in [2.24, 2.45) is 4.36 Å². The fraction of sp³-hybridized carbons (Fsp3) is 0. The fourth-order valence-corrected chi connectivity index (χ4v) is 0.196. The molecule has 0 aromatic rings. The molecule has 0 N–H and O–H groups in total. The molecule has 0 fully saturated rings. The molecule has 34 valence electrons. The summed E-state index contributed by atoms with van der Waals surface area (Å²) in [6.07, 6.45) is 0. The number of nitrogens with zero attached hydrogens (tertiary/aromatic N) is 1. The summed E-state index contributed by atoms with van der Waals surface area (Å²) < 4.78 is 11.9. The molecule has 0 aliphatic carbocycles. The molecule has 0 saturated heterocycles. The number of hydrogen-bond donors (Lipinski definition) is 1. The number of hydrogen-bond acceptors (Lipinski definition) is 2. The molecule has 0 bridgehead atoms. The van der Waals surface area contributed by atoms with Crippen LogP contribution in [0.1, 0.15) is 0 Å². The van der Waals surface area contributed by atoms with Crippen LogP contribution in [0.2, 0.25) is 0 Å². The highest BCUT2D eigenvalue weighted by molar-refractivity contribution is 7.97. The Morgan fingerprint density at radius 1 is 1.83 bits per heavy atom. The van der Waals surface area contributed by atoms with Crippen LogP contribution < -0.4 is 0 Å². The first-order valence-corrected chi connectivity index (χ1v) is 2.15. The first kappa shape index (κ1) is 5.84. The zero-order chi connectivity index (χ0) is 4.99. The maximum Gasteiger partial charge on any atom is 0.314 e. The van der Waals surface area contributed by atoms with E-state index in [1.54, 1.807) is 0 Å². The van der Waals surface area contributed by atoms with Crippen LogP contribution in [0.15, 0.2) is 4.36 Å². The minimum atomic E-state index is -0.741. The van der Waals surface area contributed by atoms with Crippen molar-refractivity contribution in [3.63, 3.8) is 0 Å². The lowest BCUT2D eigenvalue weighted by atomic mass is 11.5. The molecule has 0 spiro atoms. The summed E-state index contributed by atoms with van der Waals surface area (Å²) in [5, 5.41) is -0.741. The smallest absolute Gasteiger partial charge is 0.259 e. The van der Waals surface area contributed by atoms with Crippen molar-refractivity contribution in [1.29, 1.82) is 0 Å². The first-order valence-electron chi connectivity index (χ1n) is 1.00. The molecule has 0 rings (SSSR count). The van der Waals surface area contributed by atoms with Crippen molar-refractivity contribution in [2.75, 3.05) is 0 Å². The van der Waals surface area contributed by atoms with E-state index < -0.39 is 5.24 Å². The first-order chi connectivity index (χ1) is 2.77. The SMILES string of the molecule is O=S=NC(=O)S. The molecule has 0 aromatic heterocycles. The summed E-state index contributed by atoms with van der Waals surface area (Å²) in [4.78, 5) is 9.52. The Morgan fingerprint density at radius 2 is 2.33 bits per heavy atom. The van der Waals surface area contributed by atoms with Crippen LogP contribution in [0.4, 0.5) is 4.79 Å². The maximum atomic E-state index is 9.52. The van der Waals surface area contributed by atoms with Crippen LogP contribution in [0, 0.1) is 0 Å². The van der Waals surface area contributed by atoms with Gasteiger partial charge in [-0.05, 0) is 0 Å². The zero-order valence-corrected chi connectivity index (χ0v) is 4.33. The predicted molar refractivity (Wildman–Crippen MR) is 25.0 cm³/mol. The Labute approximate surface area is 43.4 Å². The quantitative estimate of drug-likeness (QED) is 0.475. The van der Waals surface area contributed by atoms with Gasteiger partial charge < -0.3 is 0 Å². The number of thiol groups is 1. The van der Waals surface area contributed by atoms with Gasteiger partial charge >= 0.3 is 5.24 Å². The fourth-order valence-electron chi connectivity index (χ4n) is 0.0319. The second-order valence-electron chi connectivity index (χ2n) is 0.448. The minimum absolute atomic E-state index is 0.141. The van der Waals surface area contributed by atoms with Gasteiger partial charge in [-0.25, -0.2) is 0 Å². The third kappa shape index (κ3) is 3.84. The molecule has 0 aliphatic heterocycles. The van der Waals surface area contributed by atoms with Crippen molar-refractivity contribution >= 4 is 29.3 Å². The van der Waals surface area contributed by atoms with Gasteiger partial charge in [0.15, 0.2) is 0 Å². The molecule has 0 aromatic carbocycles. The second kappa shape index (κ2) is 3.05. The number of rotatable bonds is 0. The van der Waals surface area contributed by atoms with E-state index in [0.29, 0.717) is 0 Å². The van der Waals surface area contributed by atoms with Gasteiger partial charge in [0, 0.05) is 0 Å². The normalized spacial score (nSPS) is 6.83. The van der Waals surface area contributed by atoms with E-state index in [-0.39, 0.29) is 11.5 Å². The van der Waals surface area contributed by atoms with Crippen LogP contribution in [0.3, 0.4) is 0 Å². The van der Waals surface area contributed by atoms with Crippen LogP contribution >= 0.6 is 12.6 Å². The maximum absolute atomic E-state index is 9.52. The Morgan fingerprint density at radius 3 is 2.33 bits per heavy atom. The zero-order valence-electron chi connectivity index (χ0n) is 2.62. The lowest BCUT2D eigenvalue weighted by molar-refractivity contribution is 0.268. The molecule has 6 heavy (non-hydrogen) atoms. The van der Waals surface area contributed by atoms with Crippen LogP contribution in [0.5, 0.6) is 0 Å². The van der Waals surface area contributed by atoms with Gasteiger partial charge in [-0.3, -0.25) is 4.79 Å². The largest absolute Gasteiger partial charge is 0.314 e. The average Bonchev–Trinajstić information content (AvgIpc) is 1.35. The van der Waals surface area contributed by atoms with E-state index in [9.17, 15) is 9.00 Å². The Bertz CT molecular complexity index is 104. The summed E-state index contributed by atoms with van der Waals surface area (Å²) >= 11 is 3.01. The van der Waals surface area contributed by atoms with Crippen LogP contribution in [-0.4, -0.2) is 9.45 Å². The lowest BCUT2D eigenvalue weighted by Gasteiger charge is -1.59. The topological polar surface area (TPSA) is 46.5 Å². The lowest BCUT2D eigenvalue weighted by Crippen LogP contribution is -1.65. The Kier molecular flexibility index (Phi) is 2.97. The third-order valence-electron chi connectivity index (χ3n) is 0.115. The number of amides is 1. The molecular weight excluding hydrogens is 122 g/mol. The van der Waals surface area contributed by atoms with E-state index in [2.05, 4.69) is 17.0 Å². The minimum Gasteiger partial charge on any atom is -0.259 e. The summed E-state index contributed by atoms with van der Waals surface area (Å²) in [7, 11) is 0. The summed E-state index contributed by atoms with van der Waals surface area (Å²) in [5.74, 6) is 0. The van der Waals surface area contributed by atoms with Gasteiger partial charge in [0.1, 0.15) is 0 Å². The summed E-state index contributed by atoms with van der Waals surface area (Å²) in [6, 6.07) is 0. The van der Waals surface area contributed by atoms with E-state index in [1.807, 2.05) is 0 Å². The van der Waals surface area contributed by atoms with Crippen molar-refractivity contribution in [3.8, 4) is 0 Å². The molecule has 0 radical (unpaired) electrons. The van der Waals surface area contributed by atoms with Gasteiger partial charge in [-0.1, -0.05) is 12.6 Å². The summed E-state index contributed by atoms with van der Waals surface area (Å²) in [6.45, 7) is 0. The van der Waals surface area contributed by atoms with Crippen molar-refractivity contribution in [1.82, 2.24) is 0 Å². The van der Waals surface area contributed by atoms with Crippen molar-refractivity contribution in [2.45, 2.75) is 0 Å². The monoisotopic (exact) mass is 123 g/mol. The van der Waals surface area contributed by atoms with E-state index >= 15 is 0 Å². The Hall–Kier alpha value is -0.160. The molecule has 0 heterocycles. The van der Waals surface area contributed by atoms with Gasteiger partial charge in [0.2, 0.25) is 11.5 Å². The Balaban J connectivity index is 3.60. The standard InChI is InChI=1S/CHNO2S2/c3-1(5)2-6-4/h(H,3,5). The van der Waals surface area contributed by atoms with Gasteiger partial charge in [-0.2, -0.15) is 4.21 Å². The van der Waals surface area contributed by atoms with Gasteiger partial charge in [0.25, 0.3) is 0 Å². The molecule has 0 aliphatic rings. The molecule has 5 heteroatoms.